The zero-order valence-corrected chi connectivity index (χ0v) is 13.1. The first-order valence-electron chi connectivity index (χ1n) is 8.43. The zero-order chi connectivity index (χ0) is 15.2. The van der Waals surface area contributed by atoms with Crippen LogP contribution in [0.5, 0.6) is 5.75 Å². The predicted molar refractivity (Wildman–Crippen MR) is 87.7 cm³/mol. The van der Waals surface area contributed by atoms with Crippen LogP contribution in [0.4, 0.5) is 0 Å². The zero-order valence-electron chi connectivity index (χ0n) is 13.1. The van der Waals surface area contributed by atoms with Crippen LogP contribution in [-0.2, 0) is 4.79 Å². The van der Waals surface area contributed by atoms with Crippen LogP contribution in [0, 0.1) is 11.8 Å². The summed E-state index contributed by atoms with van der Waals surface area (Å²) in [4.78, 5) is 14.3. The number of amides is 1. The van der Waals surface area contributed by atoms with Gasteiger partial charge in [-0.05, 0) is 49.7 Å². The van der Waals surface area contributed by atoms with E-state index in [2.05, 4.69) is 12.2 Å². The van der Waals surface area contributed by atoms with E-state index in [-0.39, 0.29) is 0 Å². The minimum atomic E-state index is 0.332. The van der Waals surface area contributed by atoms with Gasteiger partial charge in [0.25, 0.3) is 0 Å². The first kappa shape index (κ1) is 15.1. The summed E-state index contributed by atoms with van der Waals surface area (Å²) in [7, 11) is 0. The third kappa shape index (κ3) is 4.12. The van der Waals surface area contributed by atoms with Crippen molar-refractivity contribution < 1.29 is 9.53 Å². The van der Waals surface area contributed by atoms with Gasteiger partial charge in [0.05, 0.1) is 6.61 Å². The van der Waals surface area contributed by atoms with Crippen LogP contribution in [-0.4, -0.2) is 30.5 Å². The molecule has 0 saturated carbocycles. The summed E-state index contributed by atoms with van der Waals surface area (Å²) in [5.74, 6) is 2.32. The van der Waals surface area contributed by atoms with E-state index in [1.54, 1.807) is 0 Å². The summed E-state index contributed by atoms with van der Waals surface area (Å²) in [5, 5.41) is 0. The van der Waals surface area contributed by atoms with E-state index >= 15 is 0 Å². The maximum Gasteiger partial charge on any atom is 0.223 e. The van der Waals surface area contributed by atoms with Crippen LogP contribution >= 0.6 is 0 Å². The molecule has 0 spiro atoms. The average molecular weight is 299 g/mol. The number of nitrogens with zero attached hydrogens (tertiary/aromatic N) is 1. The highest BCUT2D eigenvalue weighted by molar-refractivity contribution is 5.76. The number of para-hydroxylation sites is 1. The van der Waals surface area contributed by atoms with Crippen molar-refractivity contribution in [2.45, 2.75) is 32.1 Å². The van der Waals surface area contributed by atoms with Crippen molar-refractivity contribution in [2.24, 2.45) is 11.8 Å². The van der Waals surface area contributed by atoms with Gasteiger partial charge in [-0.15, -0.1) is 0 Å². The van der Waals surface area contributed by atoms with E-state index in [4.69, 9.17) is 4.74 Å². The fourth-order valence-electron chi connectivity index (χ4n) is 3.30. The van der Waals surface area contributed by atoms with E-state index < -0.39 is 0 Å². The molecule has 3 rings (SSSR count). The van der Waals surface area contributed by atoms with Gasteiger partial charge in [0.1, 0.15) is 5.75 Å². The first-order chi connectivity index (χ1) is 10.8. The Morgan fingerprint density at radius 1 is 1.14 bits per heavy atom. The average Bonchev–Trinajstić information content (AvgIpc) is 3.07. The summed E-state index contributed by atoms with van der Waals surface area (Å²) >= 11 is 0. The third-order valence-corrected chi connectivity index (χ3v) is 4.75. The van der Waals surface area contributed by atoms with E-state index in [9.17, 15) is 4.79 Å². The Kier molecular flexibility index (Phi) is 5.15. The Hall–Kier alpha value is -1.77. The minimum absolute atomic E-state index is 0.332. The molecule has 0 bridgehead atoms. The summed E-state index contributed by atoms with van der Waals surface area (Å²) in [6.45, 7) is 2.54. The molecule has 118 valence electrons. The van der Waals surface area contributed by atoms with Gasteiger partial charge in [-0.3, -0.25) is 4.79 Å². The van der Waals surface area contributed by atoms with E-state index in [0.29, 0.717) is 24.2 Å². The number of likely N-dealkylation sites (tertiary alicyclic amines) is 1. The molecule has 3 nitrogen and oxygen atoms in total. The van der Waals surface area contributed by atoms with Crippen LogP contribution in [0.2, 0.25) is 0 Å². The van der Waals surface area contributed by atoms with Crippen molar-refractivity contribution in [1.82, 2.24) is 4.90 Å². The second kappa shape index (κ2) is 7.48. The predicted octanol–water partition coefficient (Wildman–Crippen LogP) is 3.66. The molecule has 1 aliphatic carbocycles. The van der Waals surface area contributed by atoms with Crippen molar-refractivity contribution in [3.63, 3.8) is 0 Å². The third-order valence-electron chi connectivity index (χ3n) is 4.75. The Bertz CT molecular complexity index is 503. The maximum absolute atomic E-state index is 12.3. The number of carbonyl (C=O) groups excluding carboxylic acids is 1. The molecular weight excluding hydrogens is 274 g/mol. The number of hydrogen-bond donors (Lipinski definition) is 0. The first-order valence-corrected chi connectivity index (χ1v) is 8.43. The Balaban J connectivity index is 1.38. The van der Waals surface area contributed by atoms with Gasteiger partial charge in [-0.25, -0.2) is 0 Å². The van der Waals surface area contributed by atoms with Gasteiger partial charge in [0, 0.05) is 19.5 Å². The molecule has 22 heavy (non-hydrogen) atoms. The number of piperidine rings is 1. The van der Waals surface area contributed by atoms with Crippen LogP contribution in [0.15, 0.2) is 42.5 Å². The molecule has 0 N–H and O–H groups in total. The molecule has 0 aromatic heterocycles. The topological polar surface area (TPSA) is 29.5 Å². The highest BCUT2D eigenvalue weighted by Crippen LogP contribution is 2.24. The smallest absolute Gasteiger partial charge is 0.223 e. The molecule has 1 amide bonds. The number of ether oxygens (including phenoxy) is 1. The van der Waals surface area contributed by atoms with Gasteiger partial charge in [-0.2, -0.15) is 0 Å². The largest absolute Gasteiger partial charge is 0.493 e. The lowest BCUT2D eigenvalue weighted by Gasteiger charge is -2.32. The molecule has 1 aromatic rings. The van der Waals surface area contributed by atoms with E-state index in [0.717, 1.165) is 51.1 Å². The van der Waals surface area contributed by atoms with Crippen LogP contribution < -0.4 is 4.74 Å². The fourth-order valence-corrected chi connectivity index (χ4v) is 3.30. The molecule has 1 heterocycles. The van der Waals surface area contributed by atoms with E-state index in [1.807, 2.05) is 35.2 Å². The Labute approximate surface area is 133 Å². The molecule has 1 aliphatic heterocycles. The summed E-state index contributed by atoms with van der Waals surface area (Å²) in [6.07, 6.45) is 9.49. The van der Waals surface area contributed by atoms with Crippen molar-refractivity contribution in [3.8, 4) is 5.75 Å². The number of benzene rings is 1. The lowest BCUT2D eigenvalue weighted by atomic mass is 9.96. The number of allylic oxidation sites excluding steroid dienone is 2. The summed E-state index contributed by atoms with van der Waals surface area (Å²) in [5.41, 5.74) is 0. The Morgan fingerprint density at radius 3 is 2.59 bits per heavy atom. The molecule has 0 radical (unpaired) electrons. The molecule has 1 aromatic carbocycles. The quantitative estimate of drug-likeness (QED) is 0.777. The molecule has 0 unspecified atom stereocenters. The molecule has 3 heteroatoms. The monoisotopic (exact) mass is 299 g/mol. The Morgan fingerprint density at radius 2 is 1.91 bits per heavy atom. The number of hydrogen-bond acceptors (Lipinski definition) is 2. The van der Waals surface area contributed by atoms with Crippen LogP contribution in [0.1, 0.15) is 32.1 Å². The second-order valence-electron chi connectivity index (χ2n) is 6.42. The lowest BCUT2D eigenvalue weighted by molar-refractivity contribution is -0.133. The fraction of sp³-hybridized carbons (Fsp3) is 0.526. The summed E-state index contributed by atoms with van der Waals surface area (Å²) < 4.78 is 5.84. The summed E-state index contributed by atoms with van der Waals surface area (Å²) in [6, 6.07) is 9.97. The standard InChI is InChI=1S/C19H25NO2/c21-19(14-16-6-4-5-7-16)20-12-10-17(11-13-20)15-22-18-8-2-1-3-9-18/h1-4,6,8-9,16-17H,5,7,10-15H2/t16-/m0/s1. The molecule has 1 fully saturated rings. The van der Waals surface area contributed by atoms with Gasteiger partial charge >= 0.3 is 0 Å². The van der Waals surface area contributed by atoms with Gasteiger partial charge < -0.3 is 9.64 Å². The number of carbonyl (C=O) groups is 1. The van der Waals surface area contributed by atoms with Gasteiger partial charge in [0.15, 0.2) is 0 Å². The normalized spacial score (nSPS) is 22.0. The SMILES string of the molecule is O=C(C[C@H]1C=CCC1)N1CCC(COc2ccccc2)CC1. The van der Waals surface area contributed by atoms with Crippen molar-refractivity contribution in [2.75, 3.05) is 19.7 Å². The van der Waals surface area contributed by atoms with Crippen molar-refractivity contribution in [3.05, 3.63) is 42.5 Å². The maximum atomic E-state index is 12.3. The molecule has 2 aliphatic rings. The molecule has 1 saturated heterocycles. The van der Waals surface area contributed by atoms with Crippen LogP contribution in [0.25, 0.3) is 0 Å². The van der Waals surface area contributed by atoms with Crippen molar-refractivity contribution in [1.29, 1.82) is 0 Å². The van der Waals surface area contributed by atoms with Gasteiger partial charge in [-0.1, -0.05) is 30.4 Å². The van der Waals surface area contributed by atoms with E-state index in [1.165, 1.54) is 0 Å². The highest BCUT2D eigenvalue weighted by Gasteiger charge is 2.25. The highest BCUT2D eigenvalue weighted by atomic mass is 16.5. The second-order valence-corrected chi connectivity index (χ2v) is 6.42. The van der Waals surface area contributed by atoms with Crippen molar-refractivity contribution >= 4 is 5.91 Å². The number of rotatable bonds is 5. The lowest BCUT2D eigenvalue weighted by Crippen LogP contribution is -2.40. The van der Waals surface area contributed by atoms with Gasteiger partial charge in [0.2, 0.25) is 5.91 Å². The molecule has 1 atom stereocenters. The van der Waals surface area contributed by atoms with Crippen LogP contribution in [0.3, 0.4) is 0 Å². The molecular formula is C19H25NO2. The minimum Gasteiger partial charge on any atom is -0.493 e.